The molecule has 0 unspecified atom stereocenters. The van der Waals surface area contributed by atoms with Gasteiger partial charge in [-0.25, -0.2) is 9.50 Å². The molecule has 4 aromatic rings. The van der Waals surface area contributed by atoms with E-state index in [4.69, 9.17) is 4.74 Å². The summed E-state index contributed by atoms with van der Waals surface area (Å²) in [6.45, 7) is 4.03. The van der Waals surface area contributed by atoms with Crippen molar-refractivity contribution in [1.29, 1.82) is 0 Å². The highest BCUT2D eigenvalue weighted by molar-refractivity contribution is 6.08. The van der Waals surface area contributed by atoms with Gasteiger partial charge < -0.3 is 10.1 Å². The molecule has 0 radical (unpaired) electrons. The zero-order chi connectivity index (χ0) is 24.9. The van der Waals surface area contributed by atoms with Crippen LogP contribution in [0.1, 0.15) is 57.5 Å². The highest BCUT2D eigenvalue weighted by atomic mass is 19.4. The number of benzene rings is 1. The number of halogens is 3. The van der Waals surface area contributed by atoms with E-state index >= 15 is 0 Å². The van der Waals surface area contributed by atoms with Crippen molar-refractivity contribution in [2.45, 2.75) is 45.3 Å². The summed E-state index contributed by atoms with van der Waals surface area (Å²) in [6, 6.07) is 8.59. The molecule has 1 saturated carbocycles. The summed E-state index contributed by atoms with van der Waals surface area (Å²) in [5, 5.41) is 11.2. The summed E-state index contributed by atoms with van der Waals surface area (Å²) in [7, 11) is 1.59. The third-order valence-corrected chi connectivity index (χ3v) is 6.11. The second kappa shape index (κ2) is 8.40. The van der Waals surface area contributed by atoms with E-state index in [1.54, 1.807) is 18.7 Å². The van der Waals surface area contributed by atoms with Crippen LogP contribution in [0.15, 0.2) is 36.5 Å². The average molecular weight is 484 g/mol. The fraction of sp³-hybridized carbons (Fsp3) is 0.333. The van der Waals surface area contributed by atoms with Gasteiger partial charge in [0.15, 0.2) is 5.65 Å². The number of nitrogens with one attached hydrogen (secondary N) is 1. The number of alkyl halides is 3. The van der Waals surface area contributed by atoms with Gasteiger partial charge in [0.2, 0.25) is 0 Å². The number of rotatable bonds is 6. The molecule has 1 aliphatic carbocycles. The number of amides is 1. The monoisotopic (exact) mass is 484 g/mol. The minimum Gasteiger partial charge on any atom is -0.497 e. The fourth-order valence-corrected chi connectivity index (χ4v) is 4.09. The molecule has 182 valence electrons. The van der Waals surface area contributed by atoms with Crippen LogP contribution in [0, 0.1) is 13.8 Å². The van der Waals surface area contributed by atoms with E-state index in [2.05, 4.69) is 20.5 Å². The number of carbonyl (C=O) groups is 1. The molecular weight excluding hydrogens is 461 g/mol. The summed E-state index contributed by atoms with van der Waals surface area (Å²) in [5.41, 5.74) is 1.99. The number of carbonyl (C=O) groups excluding carboxylic acids is 1. The maximum absolute atomic E-state index is 13.7. The highest BCUT2D eigenvalue weighted by Crippen LogP contribution is 2.41. The summed E-state index contributed by atoms with van der Waals surface area (Å²) in [5.74, 6) is 0.105. The largest absolute Gasteiger partial charge is 0.497 e. The lowest BCUT2D eigenvalue weighted by Crippen LogP contribution is -2.16. The maximum Gasteiger partial charge on any atom is 0.433 e. The van der Waals surface area contributed by atoms with Gasteiger partial charge in [0, 0.05) is 11.6 Å². The van der Waals surface area contributed by atoms with Gasteiger partial charge in [-0.1, -0.05) is 12.1 Å². The van der Waals surface area contributed by atoms with Crippen molar-refractivity contribution in [1.82, 2.24) is 24.4 Å². The minimum atomic E-state index is -4.63. The molecule has 8 nitrogen and oxygen atoms in total. The lowest BCUT2D eigenvalue weighted by Gasteiger charge is -2.11. The van der Waals surface area contributed by atoms with Gasteiger partial charge in [-0.15, -0.1) is 0 Å². The van der Waals surface area contributed by atoms with Gasteiger partial charge in [-0.2, -0.15) is 23.4 Å². The molecule has 1 aliphatic rings. The SMILES string of the molecule is COc1cccc(Cn2nc(C)c(NC(=O)c3cnn4c(C(F)(F)F)cc(C5CC5)nc34)c2C)c1. The molecule has 0 aliphatic heterocycles. The molecule has 0 saturated heterocycles. The van der Waals surface area contributed by atoms with Crippen LogP contribution in [-0.4, -0.2) is 37.4 Å². The molecule has 1 N–H and O–H groups in total. The van der Waals surface area contributed by atoms with E-state index < -0.39 is 17.8 Å². The summed E-state index contributed by atoms with van der Waals surface area (Å²) in [6.07, 6.45) is -1.95. The Bertz CT molecular complexity index is 1440. The van der Waals surface area contributed by atoms with E-state index in [1.807, 2.05) is 31.2 Å². The third kappa shape index (κ3) is 4.33. The van der Waals surface area contributed by atoms with Crippen LogP contribution in [0.5, 0.6) is 5.75 Å². The normalized spacial score (nSPS) is 13.9. The predicted molar refractivity (Wildman–Crippen MR) is 122 cm³/mol. The Hall–Kier alpha value is -3.89. The van der Waals surface area contributed by atoms with Crippen molar-refractivity contribution in [3.05, 3.63) is 70.4 Å². The van der Waals surface area contributed by atoms with Crippen molar-refractivity contribution in [2.75, 3.05) is 12.4 Å². The van der Waals surface area contributed by atoms with Crippen LogP contribution in [0.4, 0.5) is 18.9 Å². The van der Waals surface area contributed by atoms with Gasteiger partial charge in [-0.3, -0.25) is 9.48 Å². The molecule has 1 aromatic carbocycles. The topological polar surface area (TPSA) is 86.3 Å². The number of nitrogens with zero attached hydrogens (tertiary/aromatic N) is 5. The number of methoxy groups -OCH3 is 1. The van der Waals surface area contributed by atoms with E-state index in [0.29, 0.717) is 33.8 Å². The zero-order valence-corrected chi connectivity index (χ0v) is 19.3. The number of hydrogen-bond donors (Lipinski definition) is 1. The second-order valence-corrected chi connectivity index (χ2v) is 8.64. The van der Waals surface area contributed by atoms with Crippen molar-refractivity contribution in [3.63, 3.8) is 0 Å². The second-order valence-electron chi connectivity index (χ2n) is 8.64. The Balaban J connectivity index is 1.46. The van der Waals surface area contributed by atoms with Crippen LogP contribution < -0.4 is 10.1 Å². The molecule has 3 aromatic heterocycles. The minimum absolute atomic E-state index is 0.0220. The highest BCUT2D eigenvalue weighted by Gasteiger charge is 2.38. The first-order valence-corrected chi connectivity index (χ1v) is 11.1. The smallest absolute Gasteiger partial charge is 0.433 e. The zero-order valence-electron chi connectivity index (χ0n) is 19.3. The number of hydrogen-bond acceptors (Lipinski definition) is 5. The van der Waals surface area contributed by atoms with Crippen molar-refractivity contribution in [2.24, 2.45) is 0 Å². The van der Waals surface area contributed by atoms with Gasteiger partial charge in [0.1, 0.15) is 17.0 Å². The van der Waals surface area contributed by atoms with Gasteiger partial charge >= 0.3 is 6.18 Å². The van der Waals surface area contributed by atoms with Gasteiger partial charge in [-0.05, 0) is 50.5 Å². The number of ether oxygens (including phenoxy) is 1. The standard InChI is InChI=1S/C24H23F3N6O2/c1-13-21(14(2)32(31-13)12-15-5-4-6-17(9-15)35-3)30-23(34)18-11-28-33-20(24(25,26)27)10-19(16-7-8-16)29-22(18)33/h4-6,9-11,16H,7-8,12H2,1-3H3,(H,30,34). The Morgan fingerprint density at radius 1 is 1.23 bits per heavy atom. The lowest BCUT2D eigenvalue weighted by atomic mass is 10.2. The van der Waals surface area contributed by atoms with E-state index in [9.17, 15) is 18.0 Å². The average Bonchev–Trinajstić information content (AvgIpc) is 3.53. The first kappa shape index (κ1) is 22.9. The Labute approximate surface area is 198 Å². The van der Waals surface area contributed by atoms with E-state index in [-0.39, 0.29) is 17.1 Å². The number of anilines is 1. The van der Waals surface area contributed by atoms with Crippen molar-refractivity contribution >= 4 is 17.2 Å². The quantitative estimate of drug-likeness (QED) is 0.427. The molecule has 1 fully saturated rings. The van der Waals surface area contributed by atoms with E-state index in [0.717, 1.165) is 36.4 Å². The molecule has 5 rings (SSSR count). The number of aromatic nitrogens is 5. The summed E-state index contributed by atoms with van der Waals surface area (Å²) >= 11 is 0. The Morgan fingerprint density at radius 2 is 2.00 bits per heavy atom. The molecule has 0 atom stereocenters. The Morgan fingerprint density at radius 3 is 2.69 bits per heavy atom. The first-order valence-electron chi connectivity index (χ1n) is 11.1. The van der Waals surface area contributed by atoms with Crippen molar-refractivity contribution < 1.29 is 22.7 Å². The number of aryl methyl sites for hydroxylation is 1. The summed E-state index contributed by atoms with van der Waals surface area (Å²) in [4.78, 5) is 17.5. The van der Waals surface area contributed by atoms with Gasteiger partial charge in [0.05, 0.1) is 36.9 Å². The van der Waals surface area contributed by atoms with Crippen LogP contribution in [-0.2, 0) is 12.7 Å². The molecule has 0 spiro atoms. The van der Waals surface area contributed by atoms with Crippen LogP contribution in [0.2, 0.25) is 0 Å². The third-order valence-electron chi connectivity index (χ3n) is 6.11. The lowest BCUT2D eigenvalue weighted by molar-refractivity contribution is -0.142. The molecule has 11 heteroatoms. The fourth-order valence-electron chi connectivity index (χ4n) is 4.09. The van der Waals surface area contributed by atoms with E-state index in [1.165, 1.54) is 0 Å². The molecule has 0 bridgehead atoms. The van der Waals surface area contributed by atoms with Crippen LogP contribution >= 0.6 is 0 Å². The Kier molecular flexibility index (Phi) is 5.49. The first-order chi connectivity index (χ1) is 16.7. The molecule has 3 heterocycles. The molecule has 1 amide bonds. The van der Waals surface area contributed by atoms with Crippen LogP contribution in [0.3, 0.4) is 0 Å². The molecular formula is C24H23F3N6O2. The number of fused-ring (bicyclic) bond motifs is 1. The predicted octanol–water partition coefficient (Wildman–Crippen LogP) is 4.75. The van der Waals surface area contributed by atoms with Gasteiger partial charge in [0.25, 0.3) is 5.91 Å². The van der Waals surface area contributed by atoms with Crippen LogP contribution in [0.25, 0.3) is 5.65 Å². The summed E-state index contributed by atoms with van der Waals surface area (Å²) < 4.78 is 48.7. The maximum atomic E-state index is 13.7. The molecule has 35 heavy (non-hydrogen) atoms. The van der Waals surface area contributed by atoms with Crippen molar-refractivity contribution in [3.8, 4) is 5.75 Å².